The maximum absolute atomic E-state index is 2.48. The van der Waals surface area contributed by atoms with Crippen molar-refractivity contribution in [3.8, 4) is 78.7 Å². The van der Waals surface area contributed by atoms with Crippen molar-refractivity contribution in [2.75, 3.05) is 0 Å². The van der Waals surface area contributed by atoms with E-state index in [1.54, 1.807) is 0 Å². The van der Waals surface area contributed by atoms with Crippen LogP contribution < -0.4 is 0 Å². The lowest BCUT2D eigenvalue weighted by Crippen LogP contribution is -2.03. The van der Waals surface area contributed by atoms with Crippen LogP contribution in [-0.4, -0.2) is 9.13 Å². The van der Waals surface area contributed by atoms with Crippen LogP contribution >= 0.6 is 0 Å². The van der Waals surface area contributed by atoms with Crippen molar-refractivity contribution in [3.63, 3.8) is 0 Å². The van der Waals surface area contributed by atoms with Crippen LogP contribution in [0, 0.1) is 27.7 Å². The van der Waals surface area contributed by atoms with Gasteiger partial charge in [0.15, 0.2) is 0 Å². The third kappa shape index (κ3) is 6.88. The molecule has 2 nitrogen and oxygen atoms in total. The summed E-state index contributed by atoms with van der Waals surface area (Å²) >= 11 is 0. The van der Waals surface area contributed by atoms with Crippen molar-refractivity contribution in [1.29, 1.82) is 0 Å². The highest BCUT2D eigenvalue weighted by atomic mass is 15.0. The number of aromatic nitrogens is 2. The average Bonchev–Trinajstić information content (AvgIpc) is 4.05. The van der Waals surface area contributed by atoms with E-state index in [0.29, 0.717) is 0 Å². The molecule has 0 N–H and O–H groups in total. The van der Waals surface area contributed by atoms with E-state index in [1.807, 2.05) is 0 Å². The van der Waals surface area contributed by atoms with E-state index in [9.17, 15) is 0 Å². The Morgan fingerprint density at radius 1 is 0.250 bits per heavy atom. The lowest BCUT2D eigenvalue weighted by molar-refractivity contribution is 1.10. The molecule has 0 bridgehead atoms. The van der Waals surface area contributed by atoms with Crippen LogP contribution in [0.15, 0.2) is 231 Å². The van der Waals surface area contributed by atoms with Gasteiger partial charge >= 0.3 is 0 Å². The number of hydrogen-bond donors (Lipinski definition) is 0. The van der Waals surface area contributed by atoms with Gasteiger partial charge in [0.2, 0.25) is 0 Å². The van der Waals surface area contributed by atoms with Crippen molar-refractivity contribution in [2.45, 2.75) is 27.7 Å². The summed E-state index contributed by atoms with van der Waals surface area (Å²) in [5.41, 5.74) is 21.7. The standard InChI is InChI=1S/C66H50N2/c1-43-39-44(2)46(4)64(45(43)3)66-57-34-32-54(67-60(48-20-9-5-10-21-48)35-36-61(67)49-22-11-6-12-23-49)41-58(57)65(53-30-29-47-19-17-18-28-52(47)40-53)56-33-31-55(42-59(56)66)68-62(50-24-13-7-14-25-50)37-38-63(68)51-26-15-8-16-27-51/h5-42H,1-4H3. The fourth-order valence-corrected chi connectivity index (χ4v) is 10.8. The number of hydrogen-bond acceptors (Lipinski definition) is 0. The van der Waals surface area contributed by atoms with E-state index in [-0.39, 0.29) is 0 Å². The number of benzene rings is 10. The zero-order valence-electron chi connectivity index (χ0n) is 38.8. The van der Waals surface area contributed by atoms with Crippen molar-refractivity contribution < 1.29 is 0 Å². The Bertz CT molecular complexity index is 3710. The predicted molar refractivity (Wildman–Crippen MR) is 289 cm³/mol. The first-order valence-electron chi connectivity index (χ1n) is 23.7. The molecular weight excluding hydrogens is 821 g/mol. The van der Waals surface area contributed by atoms with Crippen molar-refractivity contribution in [2.24, 2.45) is 0 Å². The summed E-state index contributed by atoms with van der Waals surface area (Å²) in [6.45, 7) is 9.16. The van der Waals surface area contributed by atoms with Crippen LogP contribution in [0.4, 0.5) is 0 Å². The molecule has 2 heteroatoms. The Balaban J connectivity index is 1.23. The Morgan fingerprint density at radius 3 is 1.07 bits per heavy atom. The molecule has 324 valence electrons. The molecule has 0 unspecified atom stereocenters. The summed E-state index contributed by atoms with van der Waals surface area (Å²) in [6.07, 6.45) is 0. The molecule has 0 aliphatic heterocycles. The van der Waals surface area contributed by atoms with Gasteiger partial charge < -0.3 is 9.13 Å². The van der Waals surface area contributed by atoms with E-state index in [0.717, 1.165) is 34.2 Å². The van der Waals surface area contributed by atoms with E-state index in [2.05, 4.69) is 267 Å². The molecule has 0 radical (unpaired) electrons. The number of rotatable bonds is 8. The molecule has 68 heavy (non-hydrogen) atoms. The van der Waals surface area contributed by atoms with Crippen molar-refractivity contribution in [1.82, 2.24) is 9.13 Å². The molecule has 0 spiro atoms. The Hall–Kier alpha value is -8.46. The third-order valence-corrected chi connectivity index (χ3v) is 14.3. The highest BCUT2D eigenvalue weighted by Gasteiger charge is 2.24. The lowest BCUT2D eigenvalue weighted by atomic mass is 9.81. The molecule has 2 heterocycles. The van der Waals surface area contributed by atoms with Gasteiger partial charge in [-0.15, -0.1) is 0 Å². The van der Waals surface area contributed by atoms with Gasteiger partial charge in [0, 0.05) is 11.4 Å². The molecular formula is C66H50N2. The molecule has 0 atom stereocenters. The first kappa shape index (κ1) is 41.0. The second-order valence-electron chi connectivity index (χ2n) is 18.2. The van der Waals surface area contributed by atoms with E-state index in [1.165, 1.54) is 99.1 Å². The van der Waals surface area contributed by atoms with Gasteiger partial charge in [0.1, 0.15) is 0 Å². The summed E-state index contributed by atoms with van der Waals surface area (Å²) in [5, 5.41) is 7.34. The molecule has 0 amide bonds. The molecule has 12 aromatic rings. The Kier molecular flexibility index (Phi) is 10.1. The van der Waals surface area contributed by atoms with Gasteiger partial charge in [0.25, 0.3) is 0 Å². The van der Waals surface area contributed by atoms with Gasteiger partial charge in [-0.05, 0) is 181 Å². The highest BCUT2D eigenvalue weighted by molar-refractivity contribution is 6.23. The zero-order valence-corrected chi connectivity index (χ0v) is 38.8. The molecule has 12 rings (SSSR count). The van der Waals surface area contributed by atoms with E-state index in [4.69, 9.17) is 0 Å². The van der Waals surface area contributed by atoms with Gasteiger partial charge in [-0.1, -0.05) is 176 Å². The van der Waals surface area contributed by atoms with Crippen molar-refractivity contribution >= 4 is 32.3 Å². The minimum absolute atomic E-state index is 1.12. The summed E-state index contributed by atoms with van der Waals surface area (Å²) in [5.74, 6) is 0. The quantitative estimate of drug-likeness (QED) is 0.135. The van der Waals surface area contributed by atoms with Gasteiger partial charge in [0.05, 0.1) is 22.8 Å². The van der Waals surface area contributed by atoms with Crippen LogP contribution in [0.3, 0.4) is 0 Å². The summed E-state index contributed by atoms with van der Waals surface area (Å²) in [4.78, 5) is 0. The second kappa shape index (κ2) is 16.8. The maximum Gasteiger partial charge on any atom is 0.0535 e. The number of fused-ring (bicyclic) bond motifs is 3. The van der Waals surface area contributed by atoms with Crippen LogP contribution in [0.5, 0.6) is 0 Å². The smallest absolute Gasteiger partial charge is 0.0535 e. The largest absolute Gasteiger partial charge is 0.309 e. The molecule has 0 aliphatic rings. The normalized spacial score (nSPS) is 11.5. The van der Waals surface area contributed by atoms with Gasteiger partial charge in [-0.3, -0.25) is 0 Å². The SMILES string of the molecule is Cc1cc(C)c(C)c(-c2c3ccc(-n4c(-c5ccccc5)ccc4-c4ccccc4)cc3c(-c3ccc4ccccc4c3)c3ccc(-n4c(-c5ccccc5)ccc4-c4ccccc4)cc23)c1C. The minimum atomic E-state index is 1.12. The first-order valence-corrected chi connectivity index (χ1v) is 23.7. The van der Waals surface area contributed by atoms with Gasteiger partial charge in [-0.2, -0.15) is 0 Å². The Morgan fingerprint density at radius 2 is 0.632 bits per heavy atom. The minimum Gasteiger partial charge on any atom is -0.309 e. The fraction of sp³-hybridized carbons (Fsp3) is 0.0606. The topological polar surface area (TPSA) is 9.86 Å². The molecule has 2 aromatic heterocycles. The van der Waals surface area contributed by atoms with E-state index < -0.39 is 0 Å². The molecule has 0 fully saturated rings. The first-order chi connectivity index (χ1) is 33.4. The maximum atomic E-state index is 2.48. The highest BCUT2D eigenvalue weighted by Crippen LogP contribution is 2.49. The zero-order chi connectivity index (χ0) is 45.9. The second-order valence-corrected chi connectivity index (χ2v) is 18.2. The van der Waals surface area contributed by atoms with Crippen LogP contribution in [0.25, 0.3) is 111 Å². The monoisotopic (exact) mass is 870 g/mol. The molecule has 0 saturated heterocycles. The Labute approximate surface area is 398 Å². The predicted octanol–water partition coefficient (Wildman–Crippen LogP) is 18.0. The van der Waals surface area contributed by atoms with Crippen molar-refractivity contribution in [3.05, 3.63) is 253 Å². The summed E-state index contributed by atoms with van der Waals surface area (Å²) in [7, 11) is 0. The molecule has 0 saturated carbocycles. The average molecular weight is 871 g/mol. The van der Waals surface area contributed by atoms with Gasteiger partial charge in [-0.25, -0.2) is 0 Å². The fourth-order valence-electron chi connectivity index (χ4n) is 10.8. The summed E-state index contributed by atoms with van der Waals surface area (Å²) < 4.78 is 4.91. The summed E-state index contributed by atoms with van der Waals surface area (Å²) in [6, 6.07) is 84.8. The third-order valence-electron chi connectivity index (χ3n) is 14.3. The molecule has 0 aliphatic carbocycles. The van der Waals surface area contributed by atoms with Crippen LogP contribution in [-0.2, 0) is 0 Å². The molecule has 10 aromatic carbocycles. The van der Waals surface area contributed by atoms with Crippen LogP contribution in [0.1, 0.15) is 22.3 Å². The number of aryl methyl sites for hydroxylation is 2. The lowest BCUT2D eigenvalue weighted by Gasteiger charge is -2.24. The number of nitrogens with zero attached hydrogens (tertiary/aromatic N) is 2. The van der Waals surface area contributed by atoms with Crippen LogP contribution in [0.2, 0.25) is 0 Å². The van der Waals surface area contributed by atoms with E-state index >= 15 is 0 Å².